The summed E-state index contributed by atoms with van der Waals surface area (Å²) in [7, 11) is 1.17. The van der Waals surface area contributed by atoms with Gasteiger partial charge in [-0.1, -0.05) is 0 Å². The standard InChI is InChI=1S/C12H14N2O6/c1-20-12(19)7-4-6(5-8(15)16)11(18)14-3-2-13-10(17)9(7)14/h6H,2-5H2,1H3,(H,13,17)(H,15,16). The lowest BCUT2D eigenvalue weighted by molar-refractivity contribution is -0.147. The molecule has 1 atom stereocenters. The van der Waals surface area contributed by atoms with Crippen molar-refractivity contribution in [1.29, 1.82) is 0 Å². The molecule has 108 valence electrons. The highest BCUT2D eigenvalue weighted by Gasteiger charge is 2.42. The maximum absolute atomic E-state index is 12.2. The summed E-state index contributed by atoms with van der Waals surface area (Å²) < 4.78 is 4.61. The third-order valence-corrected chi connectivity index (χ3v) is 3.31. The van der Waals surface area contributed by atoms with E-state index in [1.165, 1.54) is 12.0 Å². The van der Waals surface area contributed by atoms with Crippen molar-refractivity contribution in [1.82, 2.24) is 10.2 Å². The van der Waals surface area contributed by atoms with Crippen molar-refractivity contribution in [2.75, 3.05) is 20.2 Å². The van der Waals surface area contributed by atoms with Crippen LogP contribution in [0.2, 0.25) is 0 Å². The van der Waals surface area contributed by atoms with Crippen molar-refractivity contribution < 1.29 is 29.0 Å². The third-order valence-electron chi connectivity index (χ3n) is 3.31. The van der Waals surface area contributed by atoms with Crippen molar-refractivity contribution in [2.24, 2.45) is 5.92 Å². The van der Waals surface area contributed by atoms with Crippen LogP contribution in [-0.4, -0.2) is 54.0 Å². The molecule has 1 fully saturated rings. The number of rotatable bonds is 3. The average molecular weight is 282 g/mol. The molecule has 20 heavy (non-hydrogen) atoms. The maximum Gasteiger partial charge on any atom is 0.336 e. The molecule has 2 heterocycles. The molecule has 2 N–H and O–H groups in total. The molecule has 0 radical (unpaired) electrons. The summed E-state index contributed by atoms with van der Waals surface area (Å²) in [5.41, 5.74) is 0.0327. The maximum atomic E-state index is 12.2. The number of nitrogens with zero attached hydrogens (tertiary/aromatic N) is 1. The van der Waals surface area contributed by atoms with Crippen LogP contribution in [0, 0.1) is 5.92 Å². The van der Waals surface area contributed by atoms with Crippen LogP contribution < -0.4 is 5.32 Å². The largest absolute Gasteiger partial charge is 0.481 e. The highest BCUT2D eigenvalue weighted by molar-refractivity contribution is 6.08. The molecule has 0 aliphatic carbocycles. The van der Waals surface area contributed by atoms with Crippen LogP contribution in [0.1, 0.15) is 12.8 Å². The normalized spacial score (nSPS) is 22.2. The van der Waals surface area contributed by atoms with Crippen LogP contribution in [0.5, 0.6) is 0 Å². The van der Waals surface area contributed by atoms with Gasteiger partial charge in [0, 0.05) is 13.1 Å². The quantitative estimate of drug-likeness (QED) is 0.633. The molecule has 2 amide bonds. The Morgan fingerprint density at radius 3 is 2.75 bits per heavy atom. The van der Waals surface area contributed by atoms with E-state index >= 15 is 0 Å². The predicted molar refractivity (Wildman–Crippen MR) is 64.1 cm³/mol. The second-order valence-electron chi connectivity index (χ2n) is 4.56. The number of carboxylic acid groups (broad SMARTS) is 1. The van der Waals surface area contributed by atoms with Gasteiger partial charge in [-0.05, 0) is 6.42 Å². The molecule has 8 heteroatoms. The highest BCUT2D eigenvalue weighted by atomic mass is 16.5. The number of amides is 2. The molecule has 8 nitrogen and oxygen atoms in total. The predicted octanol–water partition coefficient (Wildman–Crippen LogP) is -1.13. The minimum absolute atomic E-state index is 0.0188. The van der Waals surface area contributed by atoms with Crippen LogP contribution in [0.4, 0.5) is 0 Å². The molecular weight excluding hydrogens is 268 g/mol. The van der Waals surface area contributed by atoms with Crippen molar-refractivity contribution in [3.8, 4) is 0 Å². The molecule has 0 bridgehead atoms. The van der Waals surface area contributed by atoms with Gasteiger partial charge in [0.2, 0.25) is 5.91 Å². The number of carbonyl (C=O) groups excluding carboxylic acids is 3. The smallest absolute Gasteiger partial charge is 0.336 e. The second-order valence-corrected chi connectivity index (χ2v) is 4.56. The molecule has 0 aromatic heterocycles. The molecule has 2 aliphatic rings. The number of esters is 1. The summed E-state index contributed by atoms with van der Waals surface area (Å²) in [5, 5.41) is 11.4. The van der Waals surface area contributed by atoms with Crippen LogP contribution in [0.25, 0.3) is 0 Å². The van der Waals surface area contributed by atoms with Crippen LogP contribution in [0.3, 0.4) is 0 Å². The number of methoxy groups -OCH3 is 1. The lowest BCUT2D eigenvalue weighted by Gasteiger charge is -2.37. The average Bonchev–Trinajstić information content (AvgIpc) is 2.41. The summed E-state index contributed by atoms with van der Waals surface area (Å²) in [4.78, 5) is 47.8. The van der Waals surface area contributed by atoms with Gasteiger partial charge in [-0.15, -0.1) is 0 Å². The second kappa shape index (κ2) is 5.32. The summed E-state index contributed by atoms with van der Waals surface area (Å²) in [6, 6.07) is 0. The zero-order chi connectivity index (χ0) is 14.9. The van der Waals surface area contributed by atoms with Gasteiger partial charge in [-0.3, -0.25) is 14.4 Å². The Morgan fingerprint density at radius 1 is 1.45 bits per heavy atom. The van der Waals surface area contributed by atoms with Crippen molar-refractivity contribution in [3.63, 3.8) is 0 Å². The Morgan fingerprint density at radius 2 is 2.15 bits per heavy atom. The molecular formula is C12H14N2O6. The van der Waals surface area contributed by atoms with Gasteiger partial charge in [-0.2, -0.15) is 0 Å². The molecule has 0 spiro atoms. The topological polar surface area (TPSA) is 113 Å². The molecule has 0 aromatic carbocycles. The van der Waals surface area contributed by atoms with E-state index in [1.807, 2.05) is 0 Å². The summed E-state index contributed by atoms with van der Waals surface area (Å²) in [5.74, 6) is -3.65. The van der Waals surface area contributed by atoms with Crippen LogP contribution >= 0.6 is 0 Å². The number of hydrogen-bond acceptors (Lipinski definition) is 5. The van der Waals surface area contributed by atoms with Gasteiger partial charge >= 0.3 is 11.9 Å². The van der Waals surface area contributed by atoms with E-state index in [2.05, 4.69) is 10.1 Å². The van der Waals surface area contributed by atoms with Gasteiger partial charge in [0.1, 0.15) is 5.70 Å². The fraction of sp³-hybridized carbons (Fsp3) is 0.500. The molecule has 2 rings (SSSR count). The fourth-order valence-corrected chi connectivity index (χ4v) is 2.44. The lowest BCUT2D eigenvalue weighted by atomic mass is 9.88. The highest BCUT2D eigenvalue weighted by Crippen LogP contribution is 2.31. The fourth-order valence-electron chi connectivity index (χ4n) is 2.44. The summed E-state index contributed by atoms with van der Waals surface area (Å²) in [6.45, 7) is 0.485. The van der Waals surface area contributed by atoms with Crippen molar-refractivity contribution in [3.05, 3.63) is 11.3 Å². The molecule has 1 saturated heterocycles. The van der Waals surface area contributed by atoms with Gasteiger partial charge < -0.3 is 20.1 Å². The Balaban J connectivity index is 2.43. The molecule has 2 aliphatic heterocycles. The molecule has 0 aromatic rings. The minimum Gasteiger partial charge on any atom is -0.481 e. The SMILES string of the molecule is COC(=O)C1=C2C(=O)NCCN2C(=O)C(CC(=O)O)C1. The summed E-state index contributed by atoms with van der Waals surface area (Å²) in [6.07, 6.45) is -0.484. The molecule has 0 saturated carbocycles. The Labute approximate surface area is 114 Å². The zero-order valence-electron chi connectivity index (χ0n) is 10.8. The van der Waals surface area contributed by atoms with Gasteiger partial charge in [0.15, 0.2) is 0 Å². The Bertz CT molecular complexity index is 524. The van der Waals surface area contributed by atoms with Gasteiger partial charge in [0.05, 0.1) is 25.0 Å². The van der Waals surface area contributed by atoms with E-state index in [0.717, 1.165) is 0 Å². The number of fused-ring (bicyclic) bond motifs is 1. The number of carboxylic acids is 1. The van der Waals surface area contributed by atoms with Gasteiger partial charge in [0.25, 0.3) is 5.91 Å². The Kier molecular flexibility index (Phi) is 3.73. The first kappa shape index (κ1) is 14.0. The minimum atomic E-state index is -1.13. The number of nitrogens with one attached hydrogen (secondary N) is 1. The lowest BCUT2D eigenvalue weighted by Crippen LogP contribution is -2.53. The third kappa shape index (κ3) is 2.36. The first-order chi connectivity index (χ1) is 9.45. The zero-order valence-corrected chi connectivity index (χ0v) is 10.8. The van der Waals surface area contributed by atoms with E-state index < -0.39 is 29.7 Å². The van der Waals surface area contributed by atoms with Gasteiger partial charge in [-0.25, -0.2) is 4.79 Å². The number of hydrogen-bond donors (Lipinski definition) is 2. The van der Waals surface area contributed by atoms with Crippen LogP contribution in [-0.2, 0) is 23.9 Å². The van der Waals surface area contributed by atoms with E-state index in [0.29, 0.717) is 0 Å². The number of aliphatic carboxylic acids is 1. The van der Waals surface area contributed by atoms with Crippen LogP contribution in [0.15, 0.2) is 11.3 Å². The first-order valence-corrected chi connectivity index (χ1v) is 6.08. The number of ether oxygens (including phenoxy) is 1. The Hall–Kier alpha value is -2.38. The van der Waals surface area contributed by atoms with Crippen molar-refractivity contribution >= 4 is 23.8 Å². The van der Waals surface area contributed by atoms with E-state index in [4.69, 9.17) is 5.11 Å². The number of piperazine rings is 1. The number of carbonyl (C=O) groups is 4. The molecule has 1 unspecified atom stereocenters. The monoisotopic (exact) mass is 282 g/mol. The van der Waals surface area contributed by atoms with Crippen molar-refractivity contribution in [2.45, 2.75) is 12.8 Å². The first-order valence-electron chi connectivity index (χ1n) is 6.08. The van der Waals surface area contributed by atoms with E-state index in [9.17, 15) is 19.2 Å². The van der Waals surface area contributed by atoms with E-state index in [1.54, 1.807) is 0 Å². The van der Waals surface area contributed by atoms with E-state index in [-0.39, 0.29) is 37.2 Å². The summed E-state index contributed by atoms with van der Waals surface area (Å²) >= 11 is 0.